The largest absolute Gasteiger partial charge is 0.314 e. The highest BCUT2D eigenvalue weighted by Gasteiger charge is 2.25. The number of likely N-dealkylation sites (tertiary alicyclic amines) is 1. The Morgan fingerprint density at radius 1 is 1.11 bits per heavy atom. The normalized spacial score (nSPS) is 35.0. The van der Waals surface area contributed by atoms with E-state index in [0.29, 0.717) is 0 Å². The molecular weight excluding hydrogens is 220 g/mol. The van der Waals surface area contributed by atoms with E-state index < -0.39 is 0 Å². The van der Waals surface area contributed by atoms with Crippen LogP contribution in [0.5, 0.6) is 0 Å². The third-order valence-corrected chi connectivity index (χ3v) is 5.00. The minimum Gasteiger partial charge on any atom is -0.314 e. The van der Waals surface area contributed by atoms with Crippen LogP contribution < -0.4 is 5.32 Å². The van der Waals surface area contributed by atoms with Crippen molar-refractivity contribution in [1.29, 1.82) is 0 Å². The van der Waals surface area contributed by atoms with Crippen LogP contribution in [-0.2, 0) is 0 Å². The van der Waals surface area contributed by atoms with Crippen molar-refractivity contribution in [2.24, 2.45) is 11.8 Å². The minimum absolute atomic E-state index is 0.730. The van der Waals surface area contributed by atoms with Gasteiger partial charge in [-0.2, -0.15) is 0 Å². The average Bonchev–Trinajstić information content (AvgIpc) is 2.72. The maximum atomic E-state index is 3.86. The van der Waals surface area contributed by atoms with Crippen LogP contribution in [0.15, 0.2) is 0 Å². The molecule has 1 heterocycles. The summed E-state index contributed by atoms with van der Waals surface area (Å²) in [5, 5.41) is 3.86. The van der Waals surface area contributed by atoms with E-state index in [4.69, 9.17) is 0 Å². The molecule has 1 aliphatic heterocycles. The van der Waals surface area contributed by atoms with Crippen molar-refractivity contribution in [2.45, 2.75) is 71.4 Å². The lowest BCUT2D eigenvalue weighted by Gasteiger charge is -2.22. The van der Waals surface area contributed by atoms with Crippen LogP contribution in [0.4, 0.5) is 0 Å². The van der Waals surface area contributed by atoms with Crippen molar-refractivity contribution in [3.05, 3.63) is 0 Å². The molecule has 2 nitrogen and oxygen atoms in total. The van der Waals surface area contributed by atoms with Gasteiger partial charge in [0.2, 0.25) is 0 Å². The van der Waals surface area contributed by atoms with Crippen LogP contribution in [0.1, 0.15) is 59.3 Å². The Hall–Kier alpha value is -0.0800. The van der Waals surface area contributed by atoms with Gasteiger partial charge in [0.05, 0.1) is 0 Å². The number of nitrogens with zero attached hydrogens (tertiary/aromatic N) is 1. The van der Waals surface area contributed by atoms with Gasteiger partial charge >= 0.3 is 0 Å². The zero-order valence-electron chi connectivity index (χ0n) is 12.6. The molecule has 3 unspecified atom stereocenters. The van der Waals surface area contributed by atoms with Gasteiger partial charge in [0.1, 0.15) is 0 Å². The van der Waals surface area contributed by atoms with Crippen molar-refractivity contribution in [3.8, 4) is 0 Å². The van der Waals surface area contributed by atoms with Crippen LogP contribution in [0, 0.1) is 11.8 Å². The standard InChI is InChI=1S/C16H32N2/c1-13(2)18-10-9-15(12-18)11-17-16-6-4-5-14(3)7-8-16/h13-17H,4-12H2,1-3H3. The SMILES string of the molecule is CC1CCCC(NCC2CCN(C(C)C)C2)CC1. The predicted molar refractivity (Wildman–Crippen MR) is 78.9 cm³/mol. The zero-order valence-corrected chi connectivity index (χ0v) is 12.6. The molecule has 2 aliphatic rings. The van der Waals surface area contributed by atoms with Crippen LogP contribution in [0.25, 0.3) is 0 Å². The summed E-state index contributed by atoms with van der Waals surface area (Å²) in [5.41, 5.74) is 0. The van der Waals surface area contributed by atoms with Crippen molar-refractivity contribution >= 4 is 0 Å². The topological polar surface area (TPSA) is 15.3 Å². The molecule has 1 N–H and O–H groups in total. The van der Waals surface area contributed by atoms with E-state index >= 15 is 0 Å². The molecule has 2 rings (SSSR count). The maximum absolute atomic E-state index is 3.86. The molecule has 0 radical (unpaired) electrons. The molecular formula is C16H32N2. The van der Waals surface area contributed by atoms with E-state index in [1.54, 1.807) is 0 Å². The summed E-state index contributed by atoms with van der Waals surface area (Å²) >= 11 is 0. The monoisotopic (exact) mass is 252 g/mol. The van der Waals surface area contributed by atoms with E-state index in [0.717, 1.165) is 23.9 Å². The lowest BCUT2D eigenvalue weighted by Crippen LogP contribution is -2.35. The second-order valence-electron chi connectivity index (χ2n) is 6.96. The summed E-state index contributed by atoms with van der Waals surface area (Å²) < 4.78 is 0. The smallest absolute Gasteiger partial charge is 0.00672 e. The van der Waals surface area contributed by atoms with Gasteiger partial charge in [0, 0.05) is 18.6 Å². The molecule has 1 saturated heterocycles. The molecule has 106 valence electrons. The van der Waals surface area contributed by atoms with Crippen molar-refractivity contribution in [3.63, 3.8) is 0 Å². The highest BCUT2D eigenvalue weighted by Crippen LogP contribution is 2.23. The van der Waals surface area contributed by atoms with E-state index in [1.807, 2.05) is 0 Å². The van der Waals surface area contributed by atoms with Gasteiger partial charge in [0.15, 0.2) is 0 Å². The van der Waals surface area contributed by atoms with Gasteiger partial charge < -0.3 is 10.2 Å². The van der Waals surface area contributed by atoms with Gasteiger partial charge in [-0.15, -0.1) is 0 Å². The van der Waals surface area contributed by atoms with E-state index in [9.17, 15) is 0 Å². The van der Waals surface area contributed by atoms with Gasteiger partial charge in [-0.05, 0) is 64.5 Å². The third kappa shape index (κ3) is 4.24. The van der Waals surface area contributed by atoms with Gasteiger partial charge in [-0.25, -0.2) is 0 Å². The van der Waals surface area contributed by atoms with Crippen LogP contribution in [-0.4, -0.2) is 36.6 Å². The highest BCUT2D eigenvalue weighted by molar-refractivity contribution is 4.81. The van der Waals surface area contributed by atoms with Crippen LogP contribution in [0.3, 0.4) is 0 Å². The molecule has 1 saturated carbocycles. The lowest BCUT2D eigenvalue weighted by atomic mass is 10.0. The lowest BCUT2D eigenvalue weighted by molar-refractivity contribution is 0.262. The number of nitrogens with one attached hydrogen (secondary N) is 1. The van der Waals surface area contributed by atoms with Crippen LogP contribution in [0.2, 0.25) is 0 Å². The summed E-state index contributed by atoms with van der Waals surface area (Å²) in [7, 11) is 0. The maximum Gasteiger partial charge on any atom is 0.00672 e. The first-order chi connectivity index (χ1) is 8.65. The number of hydrogen-bond donors (Lipinski definition) is 1. The highest BCUT2D eigenvalue weighted by atomic mass is 15.2. The van der Waals surface area contributed by atoms with E-state index in [2.05, 4.69) is 31.0 Å². The van der Waals surface area contributed by atoms with Crippen molar-refractivity contribution < 1.29 is 0 Å². The Kier molecular flexibility index (Phi) is 5.50. The summed E-state index contributed by atoms with van der Waals surface area (Å²) in [4.78, 5) is 2.63. The molecule has 0 aromatic heterocycles. The van der Waals surface area contributed by atoms with E-state index in [1.165, 1.54) is 58.2 Å². The summed E-state index contributed by atoms with van der Waals surface area (Å²) in [6.07, 6.45) is 8.52. The first-order valence-corrected chi connectivity index (χ1v) is 8.12. The molecule has 3 atom stereocenters. The molecule has 0 bridgehead atoms. The molecule has 0 amide bonds. The fourth-order valence-corrected chi connectivity index (χ4v) is 3.52. The fraction of sp³-hybridized carbons (Fsp3) is 1.00. The molecule has 0 spiro atoms. The summed E-state index contributed by atoms with van der Waals surface area (Å²) in [6.45, 7) is 10.9. The summed E-state index contributed by atoms with van der Waals surface area (Å²) in [5.74, 6) is 1.85. The Balaban J connectivity index is 1.66. The Morgan fingerprint density at radius 2 is 1.94 bits per heavy atom. The Morgan fingerprint density at radius 3 is 2.67 bits per heavy atom. The third-order valence-electron chi connectivity index (χ3n) is 5.00. The van der Waals surface area contributed by atoms with Crippen molar-refractivity contribution in [1.82, 2.24) is 10.2 Å². The van der Waals surface area contributed by atoms with Gasteiger partial charge in [-0.1, -0.05) is 19.8 Å². The molecule has 18 heavy (non-hydrogen) atoms. The molecule has 0 aromatic rings. The number of rotatable bonds is 4. The predicted octanol–water partition coefficient (Wildman–Crippen LogP) is 3.28. The average molecular weight is 252 g/mol. The van der Waals surface area contributed by atoms with Gasteiger partial charge in [0.25, 0.3) is 0 Å². The Labute approximate surface area is 114 Å². The van der Waals surface area contributed by atoms with E-state index in [-0.39, 0.29) is 0 Å². The first-order valence-electron chi connectivity index (χ1n) is 8.12. The fourth-order valence-electron chi connectivity index (χ4n) is 3.52. The second-order valence-corrected chi connectivity index (χ2v) is 6.96. The minimum atomic E-state index is 0.730. The van der Waals surface area contributed by atoms with Crippen molar-refractivity contribution in [2.75, 3.05) is 19.6 Å². The number of hydrogen-bond acceptors (Lipinski definition) is 2. The van der Waals surface area contributed by atoms with Crippen LogP contribution >= 0.6 is 0 Å². The zero-order chi connectivity index (χ0) is 13.0. The molecule has 0 aromatic carbocycles. The molecule has 2 fully saturated rings. The molecule has 1 aliphatic carbocycles. The summed E-state index contributed by atoms with van der Waals surface area (Å²) in [6, 6.07) is 1.54. The first kappa shape index (κ1) is 14.3. The van der Waals surface area contributed by atoms with Gasteiger partial charge in [-0.3, -0.25) is 0 Å². The quantitative estimate of drug-likeness (QED) is 0.773. The second kappa shape index (κ2) is 6.91. The Bertz CT molecular complexity index is 239. The molecule has 2 heteroatoms.